The largest absolute Gasteiger partial charge is 0.508 e. The predicted octanol–water partition coefficient (Wildman–Crippen LogP) is -0.379. The summed E-state index contributed by atoms with van der Waals surface area (Å²) in [6, 6.07) is 6.70. The summed E-state index contributed by atoms with van der Waals surface area (Å²) in [7, 11) is 0. The lowest BCUT2D eigenvalue weighted by molar-refractivity contribution is -0.124. The number of carbonyl (C=O) groups is 2. The predicted molar refractivity (Wildman–Crippen MR) is 103 cm³/mol. The van der Waals surface area contributed by atoms with E-state index in [1.807, 2.05) is 18.7 Å². The maximum absolute atomic E-state index is 12.2. The van der Waals surface area contributed by atoms with Crippen molar-refractivity contribution >= 4 is 17.5 Å². The van der Waals surface area contributed by atoms with Gasteiger partial charge >= 0.3 is 0 Å². The van der Waals surface area contributed by atoms with Crippen molar-refractivity contribution in [2.45, 2.75) is 13.8 Å². The number of carbonyl (C=O) groups excluding carboxylic acids is 2. The molecule has 2 amide bonds. The van der Waals surface area contributed by atoms with Crippen LogP contribution >= 0.6 is 0 Å². The topological polar surface area (TPSA) is 134 Å². The van der Waals surface area contributed by atoms with E-state index >= 15 is 0 Å². The normalized spacial score (nSPS) is 12.9. The third kappa shape index (κ3) is 7.28. The number of aromatic hydroxyl groups is 1. The van der Waals surface area contributed by atoms with Crippen LogP contribution in [0.25, 0.3) is 0 Å². The number of nitrogens with two attached hydrogens (primary N) is 2. The summed E-state index contributed by atoms with van der Waals surface area (Å²) in [5.74, 6) is -0.570. The quantitative estimate of drug-likeness (QED) is 0.363. The summed E-state index contributed by atoms with van der Waals surface area (Å²) < 4.78 is 0. The summed E-state index contributed by atoms with van der Waals surface area (Å²) in [6.07, 6.45) is 0. The highest BCUT2D eigenvalue weighted by molar-refractivity contribution is 5.80. The first-order valence-corrected chi connectivity index (χ1v) is 8.88. The van der Waals surface area contributed by atoms with Gasteiger partial charge in [-0.05, 0) is 24.3 Å². The fourth-order valence-electron chi connectivity index (χ4n) is 2.51. The van der Waals surface area contributed by atoms with E-state index in [-0.39, 0.29) is 29.4 Å². The summed E-state index contributed by atoms with van der Waals surface area (Å²) >= 11 is 0. The Bertz CT molecular complexity index is 536. The molecule has 0 saturated heterocycles. The molecule has 8 heteroatoms. The van der Waals surface area contributed by atoms with Crippen LogP contribution in [0, 0.1) is 11.8 Å². The smallest absolute Gasteiger partial charge is 0.224 e. The molecule has 1 aromatic rings. The van der Waals surface area contributed by atoms with Crippen LogP contribution in [-0.4, -0.2) is 56.2 Å². The van der Waals surface area contributed by atoms with Gasteiger partial charge in [0.05, 0.1) is 11.8 Å². The molecule has 0 aliphatic rings. The molecule has 0 fully saturated rings. The first kappa shape index (κ1) is 21.7. The van der Waals surface area contributed by atoms with Gasteiger partial charge < -0.3 is 32.1 Å². The van der Waals surface area contributed by atoms with Gasteiger partial charge in [0, 0.05) is 45.0 Å². The molecule has 2 unspecified atom stereocenters. The van der Waals surface area contributed by atoms with E-state index in [1.54, 1.807) is 24.3 Å². The third-order valence-corrected chi connectivity index (χ3v) is 3.99. The first-order valence-electron chi connectivity index (χ1n) is 8.88. The number of nitrogens with zero attached hydrogens (tertiary/aromatic N) is 1. The molecule has 0 bridgehead atoms. The minimum Gasteiger partial charge on any atom is -0.508 e. The van der Waals surface area contributed by atoms with Gasteiger partial charge in [0.1, 0.15) is 5.75 Å². The van der Waals surface area contributed by atoms with Crippen molar-refractivity contribution in [1.82, 2.24) is 10.6 Å². The summed E-state index contributed by atoms with van der Waals surface area (Å²) in [5, 5.41) is 15.1. The maximum Gasteiger partial charge on any atom is 0.224 e. The van der Waals surface area contributed by atoms with E-state index in [2.05, 4.69) is 10.6 Å². The zero-order valence-electron chi connectivity index (χ0n) is 15.6. The molecular formula is C18H31N5O3. The van der Waals surface area contributed by atoms with Crippen LogP contribution in [0.5, 0.6) is 5.75 Å². The van der Waals surface area contributed by atoms with Gasteiger partial charge in [-0.15, -0.1) is 0 Å². The molecule has 8 nitrogen and oxygen atoms in total. The molecule has 0 spiro atoms. The lowest BCUT2D eigenvalue weighted by atomic mass is 10.1. The van der Waals surface area contributed by atoms with Gasteiger partial charge in [-0.2, -0.15) is 0 Å². The Morgan fingerprint density at radius 2 is 1.38 bits per heavy atom. The minimum absolute atomic E-state index is 0.0838. The van der Waals surface area contributed by atoms with Crippen molar-refractivity contribution in [3.8, 4) is 5.75 Å². The summed E-state index contributed by atoms with van der Waals surface area (Å²) in [5.41, 5.74) is 11.7. The molecule has 0 radical (unpaired) electrons. The van der Waals surface area contributed by atoms with E-state index in [1.165, 1.54) is 0 Å². The number of amides is 2. The molecule has 146 valence electrons. The van der Waals surface area contributed by atoms with E-state index < -0.39 is 0 Å². The molecule has 1 aromatic carbocycles. The highest BCUT2D eigenvalue weighted by atomic mass is 16.3. The van der Waals surface area contributed by atoms with Crippen LogP contribution in [-0.2, 0) is 9.59 Å². The number of phenolic OH excluding ortho intramolecular Hbond substituents is 1. The molecule has 0 aliphatic heterocycles. The average Bonchev–Trinajstić information content (AvgIpc) is 2.63. The third-order valence-electron chi connectivity index (χ3n) is 3.99. The van der Waals surface area contributed by atoms with Gasteiger partial charge in [0.2, 0.25) is 11.8 Å². The van der Waals surface area contributed by atoms with Crippen molar-refractivity contribution in [2.75, 3.05) is 44.2 Å². The molecule has 2 atom stereocenters. The Morgan fingerprint density at radius 1 is 0.962 bits per heavy atom. The fraction of sp³-hybridized carbons (Fsp3) is 0.556. The second-order valence-corrected chi connectivity index (χ2v) is 6.38. The minimum atomic E-state index is -0.283. The molecule has 0 heterocycles. The molecule has 26 heavy (non-hydrogen) atoms. The molecule has 0 aliphatic carbocycles. The van der Waals surface area contributed by atoms with Crippen molar-refractivity contribution < 1.29 is 14.7 Å². The number of anilines is 1. The lowest BCUT2D eigenvalue weighted by Crippen LogP contribution is -2.43. The van der Waals surface area contributed by atoms with Crippen LogP contribution in [0.1, 0.15) is 13.8 Å². The summed E-state index contributed by atoms with van der Waals surface area (Å²) in [4.78, 5) is 26.3. The fourth-order valence-corrected chi connectivity index (χ4v) is 2.51. The van der Waals surface area contributed by atoms with Gasteiger partial charge in [0.15, 0.2) is 0 Å². The number of benzene rings is 1. The number of phenols is 1. The Kier molecular flexibility index (Phi) is 9.46. The van der Waals surface area contributed by atoms with Gasteiger partial charge in [-0.25, -0.2) is 0 Å². The monoisotopic (exact) mass is 365 g/mol. The molecule has 0 saturated carbocycles. The standard InChI is InChI=1S/C18H31N5O3/c1-13(17(25)21-9-7-19)11-23(15-3-5-16(24)6-4-15)12-14(2)18(26)22-10-8-20/h3-6,13-14,24H,7-12,19-20H2,1-2H3,(H,21,25)(H,22,26). The van der Waals surface area contributed by atoms with Crippen molar-refractivity contribution in [1.29, 1.82) is 0 Å². The maximum atomic E-state index is 12.2. The SMILES string of the molecule is CC(CN(CC(C)C(=O)NCCN)c1ccc(O)cc1)C(=O)NCCN. The second-order valence-electron chi connectivity index (χ2n) is 6.38. The second kappa shape index (κ2) is 11.3. The van der Waals surface area contributed by atoms with Crippen LogP contribution < -0.4 is 27.0 Å². The van der Waals surface area contributed by atoms with Crippen LogP contribution in [0.3, 0.4) is 0 Å². The number of rotatable bonds is 11. The number of hydrogen-bond acceptors (Lipinski definition) is 6. The Labute approximate surface area is 154 Å². The Morgan fingerprint density at radius 3 is 1.77 bits per heavy atom. The first-order chi connectivity index (χ1) is 12.4. The highest BCUT2D eigenvalue weighted by Crippen LogP contribution is 2.21. The van der Waals surface area contributed by atoms with Gasteiger partial charge in [-0.3, -0.25) is 9.59 Å². The van der Waals surface area contributed by atoms with Crippen molar-refractivity contribution in [3.05, 3.63) is 24.3 Å². The number of nitrogens with one attached hydrogen (secondary N) is 2. The van der Waals surface area contributed by atoms with E-state index in [0.717, 1.165) is 5.69 Å². The van der Waals surface area contributed by atoms with Crippen molar-refractivity contribution in [2.24, 2.45) is 23.3 Å². The lowest BCUT2D eigenvalue weighted by Gasteiger charge is -2.30. The molecular weight excluding hydrogens is 334 g/mol. The van der Waals surface area contributed by atoms with E-state index in [4.69, 9.17) is 11.5 Å². The van der Waals surface area contributed by atoms with Gasteiger partial charge in [-0.1, -0.05) is 13.8 Å². The van der Waals surface area contributed by atoms with Crippen LogP contribution in [0.15, 0.2) is 24.3 Å². The number of hydrogen-bond donors (Lipinski definition) is 5. The van der Waals surface area contributed by atoms with Crippen LogP contribution in [0.4, 0.5) is 5.69 Å². The van der Waals surface area contributed by atoms with Gasteiger partial charge in [0.25, 0.3) is 0 Å². The zero-order valence-corrected chi connectivity index (χ0v) is 15.6. The van der Waals surface area contributed by atoms with Crippen molar-refractivity contribution in [3.63, 3.8) is 0 Å². The van der Waals surface area contributed by atoms with E-state index in [9.17, 15) is 14.7 Å². The molecule has 1 rings (SSSR count). The Balaban J connectivity index is 2.83. The molecule has 0 aromatic heterocycles. The van der Waals surface area contributed by atoms with Crippen LogP contribution in [0.2, 0.25) is 0 Å². The molecule has 7 N–H and O–H groups in total. The average molecular weight is 365 g/mol. The highest BCUT2D eigenvalue weighted by Gasteiger charge is 2.21. The zero-order chi connectivity index (χ0) is 19.5. The Hall–Kier alpha value is -2.32. The van der Waals surface area contributed by atoms with E-state index in [0.29, 0.717) is 39.3 Å². The summed E-state index contributed by atoms with van der Waals surface area (Å²) in [6.45, 7) is 6.18.